The first-order valence-electron chi connectivity index (χ1n) is 5.94. The summed E-state index contributed by atoms with van der Waals surface area (Å²) >= 11 is 0. The van der Waals surface area contributed by atoms with E-state index >= 15 is 0 Å². The molecule has 0 amide bonds. The van der Waals surface area contributed by atoms with E-state index in [9.17, 15) is 10.3 Å². The van der Waals surface area contributed by atoms with E-state index in [-0.39, 0.29) is 17.7 Å². The van der Waals surface area contributed by atoms with Crippen LogP contribution in [0.25, 0.3) is 0 Å². The van der Waals surface area contributed by atoms with Gasteiger partial charge in [0.1, 0.15) is 0 Å². The summed E-state index contributed by atoms with van der Waals surface area (Å²) in [6, 6.07) is 10.2. The number of aliphatic hydroxyl groups excluding tert-OH is 1. The molecule has 2 heterocycles. The fraction of sp³-hybridized carbons (Fsp3) is 0.538. The Morgan fingerprint density at radius 2 is 2.00 bits per heavy atom. The standard InChI is InChI=1S/C13H17NO2/c15-12-8-11-6-7-13(9-12,14(11)16)10-4-2-1-3-5-10/h1-5,11-12,15-16H,6-9H2. The van der Waals surface area contributed by atoms with Crippen LogP contribution in [0.4, 0.5) is 0 Å². The Bertz CT molecular complexity index is 381. The van der Waals surface area contributed by atoms with Crippen molar-refractivity contribution in [2.45, 2.75) is 43.4 Å². The topological polar surface area (TPSA) is 43.7 Å². The minimum Gasteiger partial charge on any atom is -0.393 e. The molecule has 1 aromatic carbocycles. The molecule has 2 saturated heterocycles. The number of rotatable bonds is 1. The van der Waals surface area contributed by atoms with Crippen LogP contribution in [-0.4, -0.2) is 27.5 Å². The average Bonchev–Trinajstić information content (AvgIpc) is 2.51. The summed E-state index contributed by atoms with van der Waals surface area (Å²) in [6.07, 6.45) is 2.98. The van der Waals surface area contributed by atoms with Gasteiger partial charge in [-0.15, -0.1) is 0 Å². The maximum absolute atomic E-state index is 10.3. The lowest BCUT2D eigenvalue weighted by molar-refractivity contribution is -0.214. The Hall–Kier alpha value is -0.900. The highest BCUT2D eigenvalue weighted by molar-refractivity contribution is 5.27. The van der Waals surface area contributed by atoms with Gasteiger partial charge in [-0.3, -0.25) is 0 Å². The highest BCUT2D eigenvalue weighted by Crippen LogP contribution is 2.49. The van der Waals surface area contributed by atoms with Gasteiger partial charge in [-0.2, -0.15) is 5.06 Å². The summed E-state index contributed by atoms with van der Waals surface area (Å²) in [7, 11) is 0. The summed E-state index contributed by atoms with van der Waals surface area (Å²) in [5.74, 6) is 0. The van der Waals surface area contributed by atoms with E-state index in [4.69, 9.17) is 0 Å². The number of fused-ring (bicyclic) bond motifs is 2. The SMILES string of the molecule is OC1CC2CCC(c3ccccc3)(C1)N2O. The maximum Gasteiger partial charge on any atom is 0.0737 e. The fourth-order valence-corrected chi connectivity index (χ4v) is 3.34. The molecule has 2 aliphatic rings. The first-order chi connectivity index (χ1) is 7.72. The molecule has 16 heavy (non-hydrogen) atoms. The lowest BCUT2D eigenvalue weighted by atomic mass is 9.82. The van der Waals surface area contributed by atoms with Crippen LogP contribution in [0.15, 0.2) is 30.3 Å². The third-order valence-corrected chi connectivity index (χ3v) is 4.10. The van der Waals surface area contributed by atoms with Gasteiger partial charge in [-0.25, -0.2) is 0 Å². The van der Waals surface area contributed by atoms with Crippen molar-refractivity contribution >= 4 is 0 Å². The lowest BCUT2D eigenvalue weighted by Gasteiger charge is -2.43. The first-order valence-corrected chi connectivity index (χ1v) is 5.94. The Labute approximate surface area is 95.3 Å². The molecule has 1 aromatic rings. The molecule has 2 bridgehead atoms. The number of aliphatic hydroxyl groups is 1. The lowest BCUT2D eigenvalue weighted by Crippen LogP contribution is -2.50. The zero-order valence-electron chi connectivity index (χ0n) is 9.21. The molecule has 0 aliphatic carbocycles. The number of hydroxylamine groups is 2. The van der Waals surface area contributed by atoms with Crippen molar-refractivity contribution in [2.75, 3.05) is 0 Å². The minimum absolute atomic E-state index is 0.129. The monoisotopic (exact) mass is 219 g/mol. The number of hydrogen-bond donors (Lipinski definition) is 2. The molecule has 0 spiro atoms. The van der Waals surface area contributed by atoms with Crippen molar-refractivity contribution in [3.8, 4) is 0 Å². The molecular formula is C13H17NO2. The summed E-state index contributed by atoms with van der Waals surface area (Å²) in [5, 5.41) is 21.6. The molecule has 2 N–H and O–H groups in total. The summed E-state index contributed by atoms with van der Waals surface area (Å²) in [4.78, 5) is 0. The largest absolute Gasteiger partial charge is 0.393 e. The van der Waals surface area contributed by atoms with Gasteiger partial charge in [0.2, 0.25) is 0 Å². The highest BCUT2D eigenvalue weighted by atomic mass is 16.5. The maximum atomic E-state index is 10.3. The van der Waals surface area contributed by atoms with Crippen molar-refractivity contribution in [1.82, 2.24) is 5.06 Å². The fourth-order valence-electron chi connectivity index (χ4n) is 3.34. The van der Waals surface area contributed by atoms with Crippen LogP contribution < -0.4 is 0 Å². The van der Waals surface area contributed by atoms with E-state index in [2.05, 4.69) is 0 Å². The molecule has 3 unspecified atom stereocenters. The molecule has 0 radical (unpaired) electrons. The summed E-state index contributed by atoms with van der Waals surface area (Å²) < 4.78 is 0. The second kappa shape index (κ2) is 3.55. The third-order valence-electron chi connectivity index (χ3n) is 4.10. The van der Waals surface area contributed by atoms with Crippen LogP contribution in [0.3, 0.4) is 0 Å². The molecule has 3 rings (SSSR count). The number of nitrogens with zero attached hydrogens (tertiary/aromatic N) is 1. The normalized spacial score (nSPS) is 38.9. The van der Waals surface area contributed by atoms with Crippen LogP contribution in [0.1, 0.15) is 31.2 Å². The smallest absolute Gasteiger partial charge is 0.0737 e. The van der Waals surface area contributed by atoms with Crippen LogP contribution in [0, 0.1) is 0 Å². The minimum atomic E-state index is -0.344. The molecule has 0 saturated carbocycles. The predicted octanol–water partition coefficient (Wildman–Crippen LogP) is 1.89. The Morgan fingerprint density at radius 1 is 1.25 bits per heavy atom. The van der Waals surface area contributed by atoms with Crippen LogP contribution in [0.2, 0.25) is 0 Å². The van der Waals surface area contributed by atoms with E-state index in [1.807, 2.05) is 30.3 Å². The van der Waals surface area contributed by atoms with Gasteiger partial charge in [0.15, 0.2) is 0 Å². The van der Waals surface area contributed by atoms with Gasteiger partial charge in [-0.1, -0.05) is 30.3 Å². The highest BCUT2D eigenvalue weighted by Gasteiger charge is 2.52. The Morgan fingerprint density at radius 3 is 2.75 bits per heavy atom. The molecule has 3 atom stereocenters. The Balaban J connectivity index is 2.03. The van der Waals surface area contributed by atoms with E-state index in [0.717, 1.165) is 18.4 Å². The zero-order chi connectivity index (χ0) is 11.2. The van der Waals surface area contributed by atoms with Crippen molar-refractivity contribution in [3.63, 3.8) is 0 Å². The predicted molar refractivity (Wildman–Crippen MR) is 60.0 cm³/mol. The Kier molecular flexibility index (Phi) is 2.28. The van der Waals surface area contributed by atoms with E-state index < -0.39 is 0 Å². The van der Waals surface area contributed by atoms with Gasteiger partial charge in [0.05, 0.1) is 11.6 Å². The summed E-state index contributed by atoms with van der Waals surface area (Å²) in [5.41, 5.74) is 0.780. The second-order valence-corrected chi connectivity index (χ2v) is 5.03. The molecule has 3 heteroatoms. The molecule has 86 valence electrons. The van der Waals surface area contributed by atoms with Gasteiger partial charge in [0, 0.05) is 6.04 Å². The van der Waals surface area contributed by atoms with Crippen LogP contribution in [0.5, 0.6) is 0 Å². The number of piperidine rings is 1. The van der Waals surface area contributed by atoms with Crippen LogP contribution in [-0.2, 0) is 5.54 Å². The van der Waals surface area contributed by atoms with Crippen molar-refractivity contribution in [1.29, 1.82) is 0 Å². The van der Waals surface area contributed by atoms with Gasteiger partial charge >= 0.3 is 0 Å². The third kappa shape index (κ3) is 1.32. The summed E-state index contributed by atoms with van der Waals surface area (Å²) in [6.45, 7) is 0. The van der Waals surface area contributed by atoms with E-state index in [1.165, 1.54) is 5.06 Å². The van der Waals surface area contributed by atoms with E-state index in [1.54, 1.807) is 0 Å². The van der Waals surface area contributed by atoms with Crippen molar-refractivity contribution in [2.24, 2.45) is 0 Å². The zero-order valence-corrected chi connectivity index (χ0v) is 9.21. The molecular weight excluding hydrogens is 202 g/mol. The average molecular weight is 219 g/mol. The van der Waals surface area contributed by atoms with E-state index in [0.29, 0.717) is 12.8 Å². The van der Waals surface area contributed by atoms with Gasteiger partial charge in [-0.05, 0) is 31.2 Å². The van der Waals surface area contributed by atoms with Gasteiger partial charge in [0.25, 0.3) is 0 Å². The van der Waals surface area contributed by atoms with Crippen molar-refractivity contribution < 1.29 is 10.3 Å². The van der Waals surface area contributed by atoms with Crippen LogP contribution >= 0.6 is 0 Å². The quantitative estimate of drug-likeness (QED) is 0.758. The van der Waals surface area contributed by atoms with Crippen molar-refractivity contribution in [3.05, 3.63) is 35.9 Å². The molecule has 0 aromatic heterocycles. The molecule has 3 nitrogen and oxygen atoms in total. The second-order valence-electron chi connectivity index (χ2n) is 5.03. The first kappa shape index (κ1) is 10.3. The molecule has 2 fully saturated rings. The molecule has 2 aliphatic heterocycles. The number of benzene rings is 1. The van der Waals surface area contributed by atoms with Gasteiger partial charge < -0.3 is 10.3 Å². The number of hydrogen-bond acceptors (Lipinski definition) is 3.